The van der Waals surface area contributed by atoms with Gasteiger partial charge in [0.25, 0.3) is 0 Å². The molecular formula is C30H33ClN8O3. The first-order valence-corrected chi connectivity index (χ1v) is 13.6. The highest BCUT2D eigenvalue weighted by molar-refractivity contribution is 6.32. The van der Waals surface area contributed by atoms with Crippen molar-refractivity contribution in [2.45, 2.75) is 13.0 Å². The number of hydrogen-bond acceptors (Lipinski definition) is 8. The van der Waals surface area contributed by atoms with Crippen LogP contribution >= 0.6 is 11.6 Å². The summed E-state index contributed by atoms with van der Waals surface area (Å²) in [4.78, 5) is 37.7. The fourth-order valence-corrected chi connectivity index (χ4v) is 4.41. The third-order valence-electron chi connectivity index (χ3n) is 6.19. The van der Waals surface area contributed by atoms with Gasteiger partial charge in [0.15, 0.2) is 5.15 Å². The molecule has 2 aromatic heterocycles. The topological polar surface area (TPSA) is 118 Å². The minimum Gasteiger partial charge on any atom is -0.381 e. The first-order chi connectivity index (χ1) is 20.4. The molecule has 4 rings (SSSR count). The van der Waals surface area contributed by atoms with E-state index in [0.29, 0.717) is 48.9 Å². The maximum absolute atomic E-state index is 12.6. The predicted octanol–water partition coefficient (Wildman–Crippen LogP) is 4.72. The summed E-state index contributed by atoms with van der Waals surface area (Å²) in [6.07, 6.45) is 7.69. The van der Waals surface area contributed by atoms with Gasteiger partial charge in [0.1, 0.15) is 5.82 Å². The number of nitrogens with zero attached hydrogens (tertiary/aromatic N) is 6. The molecule has 0 fully saturated rings. The molecule has 0 aliphatic carbocycles. The second-order valence-corrected chi connectivity index (χ2v) is 9.88. The van der Waals surface area contributed by atoms with Crippen LogP contribution in [0.1, 0.15) is 11.1 Å². The summed E-state index contributed by atoms with van der Waals surface area (Å²) in [6.45, 7) is 1.79. The molecule has 2 amide bonds. The molecule has 0 bridgehead atoms. The van der Waals surface area contributed by atoms with Crippen molar-refractivity contribution in [1.29, 1.82) is 0 Å². The lowest BCUT2D eigenvalue weighted by molar-refractivity contribution is -0.112. The molecule has 0 aliphatic rings. The van der Waals surface area contributed by atoms with Gasteiger partial charge in [0.05, 0.1) is 18.0 Å². The number of benzene rings is 2. The molecule has 0 spiro atoms. The first kappa shape index (κ1) is 30.4. The maximum atomic E-state index is 12.6. The lowest BCUT2D eigenvalue weighted by atomic mass is 10.1. The van der Waals surface area contributed by atoms with Gasteiger partial charge in [-0.05, 0) is 37.2 Å². The average molecular weight is 589 g/mol. The van der Waals surface area contributed by atoms with Crippen LogP contribution in [0, 0.1) is 0 Å². The molecule has 0 atom stereocenters. The van der Waals surface area contributed by atoms with E-state index in [0.717, 1.165) is 12.1 Å². The van der Waals surface area contributed by atoms with Crippen LogP contribution in [-0.2, 0) is 34.3 Å². The van der Waals surface area contributed by atoms with Crippen molar-refractivity contribution in [2.24, 2.45) is 7.05 Å². The number of carbonyl (C=O) groups is 2. The standard InChI is InChI=1S/C30H33ClN8O3/c1-37(19-22-9-5-4-6-10-22)15-14-23-18-32-30(34-26-20-38(2)36-28(26)31)35-29(23)39(21-40)25-12-7-11-24(17-25)33-27(41)13-8-16-42-3/h4-13,17-18,20-21H,14-16,19H2,1-3H3,(H,33,41)(H,32,34,35)/b13-8+. The number of methoxy groups -OCH3 is 1. The lowest BCUT2D eigenvalue weighted by Crippen LogP contribution is -2.23. The van der Waals surface area contributed by atoms with Crippen molar-refractivity contribution >= 4 is 52.7 Å². The number of halogens is 1. The van der Waals surface area contributed by atoms with Gasteiger partial charge in [0.2, 0.25) is 18.3 Å². The highest BCUT2D eigenvalue weighted by Gasteiger charge is 2.19. The zero-order valence-electron chi connectivity index (χ0n) is 23.7. The number of amides is 2. The Morgan fingerprint density at radius 1 is 1.17 bits per heavy atom. The smallest absolute Gasteiger partial charge is 0.248 e. The van der Waals surface area contributed by atoms with E-state index in [4.69, 9.17) is 21.3 Å². The minimum atomic E-state index is -0.314. The molecule has 12 heteroatoms. The van der Waals surface area contributed by atoms with E-state index < -0.39 is 0 Å². The first-order valence-electron chi connectivity index (χ1n) is 13.2. The number of hydrogen-bond donors (Lipinski definition) is 2. The number of ether oxygens (including phenoxy) is 1. The van der Waals surface area contributed by atoms with Crippen LogP contribution in [0.15, 0.2) is 79.1 Å². The Labute approximate surface area is 249 Å². The van der Waals surface area contributed by atoms with E-state index in [1.807, 2.05) is 25.2 Å². The molecule has 218 valence electrons. The van der Waals surface area contributed by atoms with Crippen LogP contribution in [0.25, 0.3) is 0 Å². The Morgan fingerprint density at radius 2 is 1.98 bits per heavy atom. The van der Waals surface area contributed by atoms with Crippen LogP contribution in [0.3, 0.4) is 0 Å². The molecule has 0 saturated carbocycles. The van der Waals surface area contributed by atoms with Crippen molar-refractivity contribution in [3.8, 4) is 0 Å². The molecule has 4 aromatic rings. The summed E-state index contributed by atoms with van der Waals surface area (Å²) < 4.78 is 6.52. The summed E-state index contributed by atoms with van der Waals surface area (Å²) in [6, 6.07) is 17.2. The normalized spacial score (nSPS) is 11.2. The van der Waals surface area contributed by atoms with E-state index in [1.54, 1.807) is 61.6 Å². The molecular weight excluding hydrogens is 556 g/mol. The molecule has 0 radical (unpaired) electrons. The zero-order valence-corrected chi connectivity index (χ0v) is 24.5. The van der Waals surface area contributed by atoms with Gasteiger partial charge in [-0.1, -0.05) is 54.1 Å². The van der Waals surface area contributed by atoms with Crippen LogP contribution in [0.2, 0.25) is 5.15 Å². The van der Waals surface area contributed by atoms with Crippen molar-refractivity contribution in [1.82, 2.24) is 24.6 Å². The highest BCUT2D eigenvalue weighted by atomic mass is 35.5. The Balaban J connectivity index is 1.61. The van der Waals surface area contributed by atoms with Crippen LogP contribution in [-0.4, -0.2) is 64.3 Å². The van der Waals surface area contributed by atoms with E-state index in [1.165, 1.54) is 16.5 Å². The number of likely N-dealkylation sites (N-methyl/N-ethyl adjacent to an activating group) is 1. The van der Waals surface area contributed by atoms with Crippen LogP contribution in [0.5, 0.6) is 0 Å². The van der Waals surface area contributed by atoms with Crippen LogP contribution < -0.4 is 15.5 Å². The van der Waals surface area contributed by atoms with Crippen molar-refractivity contribution < 1.29 is 14.3 Å². The Morgan fingerprint density at radius 3 is 2.69 bits per heavy atom. The van der Waals surface area contributed by atoms with Gasteiger partial charge in [-0.2, -0.15) is 10.1 Å². The SMILES string of the molecule is COC/C=C/C(=O)Nc1cccc(N(C=O)c2nc(Nc3cn(C)nc3Cl)ncc2CCN(C)Cc2ccccc2)c1. The van der Waals surface area contributed by atoms with Crippen molar-refractivity contribution in [3.63, 3.8) is 0 Å². The largest absolute Gasteiger partial charge is 0.381 e. The van der Waals surface area contributed by atoms with Crippen molar-refractivity contribution in [2.75, 3.05) is 42.8 Å². The second-order valence-electron chi connectivity index (χ2n) is 9.52. The number of aromatic nitrogens is 4. The van der Waals surface area contributed by atoms with Gasteiger partial charge in [-0.3, -0.25) is 19.2 Å². The second kappa shape index (κ2) is 14.9. The summed E-state index contributed by atoms with van der Waals surface area (Å²) in [5, 5.41) is 10.3. The minimum absolute atomic E-state index is 0.251. The predicted molar refractivity (Wildman–Crippen MR) is 164 cm³/mol. The highest BCUT2D eigenvalue weighted by Crippen LogP contribution is 2.30. The van der Waals surface area contributed by atoms with E-state index >= 15 is 0 Å². The van der Waals surface area contributed by atoms with Gasteiger partial charge >= 0.3 is 0 Å². The quantitative estimate of drug-likeness (QED) is 0.161. The van der Waals surface area contributed by atoms with Crippen LogP contribution in [0.4, 0.5) is 28.8 Å². The van der Waals surface area contributed by atoms with Gasteiger partial charge in [-0.25, -0.2) is 4.98 Å². The molecule has 2 N–H and O–H groups in total. The van der Waals surface area contributed by atoms with Gasteiger partial charge < -0.3 is 20.3 Å². The van der Waals surface area contributed by atoms with Gasteiger partial charge in [-0.15, -0.1) is 0 Å². The number of anilines is 5. The van der Waals surface area contributed by atoms with Gasteiger partial charge in [0, 0.05) is 57.0 Å². The Hall–Kier alpha value is -4.58. The summed E-state index contributed by atoms with van der Waals surface area (Å²) in [5.41, 5.74) is 3.54. The average Bonchev–Trinajstić information content (AvgIpc) is 3.29. The third kappa shape index (κ3) is 8.46. The molecule has 11 nitrogen and oxygen atoms in total. The maximum Gasteiger partial charge on any atom is 0.248 e. The monoisotopic (exact) mass is 588 g/mol. The van der Waals surface area contributed by atoms with E-state index in [-0.39, 0.29) is 17.0 Å². The molecule has 0 unspecified atom stereocenters. The van der Waals surface area contributed by atoms with E-state index in [2.05, 4.69) is 37.7 Å². The number of aryl methyl sites for hydroxylation is 1. The summed E-state index contributed by atoms with van der Waals surface area (Å²) in [7, 11) is 5.35. The number of rotatable bonds is 14. The molecule has 42 heavy (non-hydrogen) atoms. The number of nitrogens with one attached hydrogen (secondary N) is 2. The molecule has 0 saturated heterocycles. The van der Waals surface area contributed by atoms with Crippen molar-refractivity contribution in [3.05, 3.63) is 95.4 Å². The Bertz CT molecular complexity index is 1530. The zero-order chi connectivity index (χ0) is 29.9. The molecule has 2 heterocycles. The molecule has 0 aliphatic heterocycles. The number of carbonyl (C=O) groups excluding carboxylic acids is 2. The fraction of sp³-hybridized carbons (Fsp3) is 0.233. The molecule has 2 aromatic carbocycles. The fourth-order valence-electron chi connectivity index (χ4n) is 4.20. The van der Waals surface area contributed by atoms with E-state index in [9.17, 15) is 9.59 Å². The summed E-state index contributed by atoms with van der Waals surface area (Å²) in [5.74, 6) is 0.339. The third-order valence-corrected chi connectivity index (χ3v) is 6.47. The summed E-state index contributed by atoms with van der Waals surface area (Å²) >= 11 is 6.23. The Kier molecular flexibility index (Phi) is 10.8. The lowest BCUT2D eigenvalue weighted by Gasteiger charge is -2.22.